The standard InChI is InChI=1S/C11H22N2/c12-8-11(5-6-11)9-13-7-10-3-1-2-4-10/h10,13H,1-9,12H2. The summed E-state index contributed by atoms with van der Waals surface area (Å²) in [6, 6.07) is 0. The van der Waals surface area contributed by atoms with E-state index in [1.807, 2.05) is 0 Å². The lowest BCUT2D eigenvalue weighted by atomic mass is 10.1. The highest BCUT2D eigenvalue weighted by Crippen LogP contribution is 2.43. The molecule has 2 saturated carbocycles. The third kappa shape index (κ3) is 2.44. The summed E-state index contributed by atoms with van der Waals surface area (Å²) >= 11 is 0. The number of rotatable bonds is 5. The summed E-state index contributed by atoms with van der Waals surface area (Å²) in [6.07, 6.45) is 8.50. The van der Waals surface area contributed by atoms with Gasteiger partial charge in [0.2, 0.25) is 0 Å². The Hall–Kier alpha value is -0.0800. The first-order chi connectivity index (χ1) is 6.35. The number of hydrogen-bond acceptors (Lipinski definition) is 2. The fraction of sp³-hybridized carbons (Fsp3) is 1.00. The Labute approximate surface area is 81.3 Å². The van der Waals surface area contributed by atoms with Gasteiger partial charge in [0.1, 0.15) is 0 Å². The second-order valence-electron chi connectivity index (χ2n) is 4.99. The molecule has 0 spiro atoms. The van der Waals surface area contributed by atoms with Gasteiger partial charge < -0.3 is 11.1 Å². The zero-order chi connectivity index (χ0) is 9.15. The average Bonchev–Trinajstić information content (AvgIpc) is 2.74. The Morgan fingerprint density at radius 3 is 2.46 bits per heavy atom. The first-order valence-electron chi connectivity index (χ1n) is 5.75. The van der Waals surface area contributed by atoms with Crippen LogP contribution in [0.25, 0.3) is 0 Å². The summed E-state index contributed by atoms with van der Waals surface area (Å²) in [7, 11) is 0. The van der Waals surface area contributed by atoms with Crippen LogP contribution in [-0.4, -0.2) is 19.6 Å². The van der Waals surface area contributed by atoms with Crippen LogP contribution in [-0.2, 0) is 0 Å². The molecule has 2 aliphatic rings. The zero-order valence-electron chi connectivity index (χ0n) is 8.52. The van der Waals surface area contributed by atoms with Crippen LogP contribution in [0.15, 0.2) is 0 Å². The number of nitrogens with two attached hydrogens (primary N) is 1. The van der Waals surface area contributed by atoms with Gasteiger partial charge in [0, 0.05) is 6.54 Å². The molecule has 0 unspecified atom stereocenters. The zero-order valence-corrected chi connectivity index (χ0v) is 8.52. The quantitative estimate of drug-likeness (QED) is 0.676. The van der Waals surface area contributed by atoms with E-state index in [0.717, 1.165) is 12.5 Å². The normalized spacial score (nSPS) is 26.5. The Morgan fingerprint density at radius 2 is 1.92 bits per heavy atom. The minimum Gasteiger partial charge on any atom is -0.330 e. The predicted molar refractivity (Wildman–Crippen MR) is 55.5 cm³/mol. The lowest BCUT2D eigenvalue weighted by Crippen LogP contribution is -2.32. The number of hydrogen-bond donors (Lipinski definition) is 2. The molecule has 2 aliphatic carbocycles. The van der Waals surface area contributed by atoms with Crippen LogP contribution >= 0.6 is 0 Å². The maximum atomic E-state index is 5.72. The predicted octanol–water partition coefficient (Wildman–Crippen LogP) is 1.51. The van der Waals surface area contributed by atoms with Gasteiger partial charge in [-0.25, -0.2) is 0 Å². The molecule has 0 atom stereocenters. The lowest BCUT2D eigenvalue weighted by Gasteiger charge is -2.15. The van der Waals surface area contributed by atoms with Gasteiger partial charge in [-0.3, -0.25) is 0 Å². The van der Waals surface area contributed by atoms with Crippen LogP contribution in [0.4, 0.5) is 0 Å². The first-order valence-corrected chi connectivity index (χ1v) is 5.75. The summed E-state index contributed by atoms with van der Waals surface area (Å²) in [5.74, 6) is 0.966. The molecular weight excluding hydrogens is 160 g/mol. The highest BCUT2D eigenvalue weighted by atomic mass is 14.9. The molecule has 2 fully saturated rings. The van der Waals surface area contributed by atoms with Gasteiger partial charge in [-0.1, -0.05) is 12.8 Å². The Balaban J connectivity index is 1.58. The van der Waals surface area contributed by atoms with Crippen molar-refractivity contribution in [2.45, 2.75) is 38.5 Å². The summed E-state index contributed by atoms with van der Waals surface area (Å²) in [6.45, 7) is 3.28. The summed E-state index contributed by atoms with van der Waals surface area (Å²) in [5.41, 5.74) is 6.24. The molecule has 2 nitrogen and oxygen atoms in total. The number of nitrogens with one attached hydrogen (secondary N) is 1. The average molecular weight is 182 g/mol. The minimum atomic E-state index is 0.513. The molecule has 0 aromatic carbocycles. The van der Waals surface area contributed by atoms with Crippen molar-refractivity contribution in [3.63, 3.8) is 0 Å². The molecule has 3 N–H and O–H groups in total. The molecule has 2 rings (SSSR count). The van der Waals surface area contributed by atoms with Crippen LogP contribution in [0.5, 0.6) is 0 Å². The molecule has 0 amide bonds. The topological polar surface area (TPSA) is 38.0 Å². The summed E-state index contributed by atoms with van der Waals surface area (Å²) in [4.78, 5) is 0. The fourth-order valence-electron chi connectivity index (χ4n) is 2.39. The third-order valence-corrected chi connectivity index (χ3v) is 3.80. The van der Waals surface area contributed by atoms with E-state index in [9.17, 15) is 0 Å². The Bertz CT molecular complexity index is 157. The van der Waals surface area contributed by atoms with Crippen molar-refractivity contribution in [3.05, 3.63) is 0 Å². The van der Waals surface area contributed by atoms with E-state index in [1.54, 1.807) is 0 Å². The maximum absolute atomic E-state index is 5.72. The van der Waals surface area contributed by atoms with Gasteiger partial charge in [0.25, 0.3) is 0 Å². The van der Waals surface area contributed by atoms with Gasteiger partial charge in [0.15, 0.2) is 0 Å². The van der Waals surface area contributed by atoms with Crippen molar-refractivity contribution in [2.75, 3.05) is 19.6 Å². The Kier molecular flexibility index (Phi) is 2.89. The van der Waals surface area contributed by atoms with E-state index >= 15 is 0 Å². The van der Waals surface area contributed by atoms with E-state index in [-0.39, 0.29) is 0 Å². The summed E-state index contributed by atoms with van der Waals surface area (Å²) in [5, 5.41) is 3.60. The third-order valence-electron chi connectivity index (χ3n) is 3.80. The minimum absolute atomic E-state index is 0.513. The molecule has 2 heteroatoms. The molecule has 0 aromatic heterocycles. The van der Waals surface area contributed by atoms with Crippen molar-refractivity contribution in [1.82, 2.24) is 5.32 Å². The van der Waals surface area contributed by atoms with Gasteiger partial charge in [-0.2, -0.15) is 0 Å². The molecule has 0 bridgehead atoms. The molecule has 0 aliphatic heterocycles. The van der Waals surface area contributed by atoms with Gasteiger partial charge in [0.05, 0.1) is 0 Å². The van der Waals surface area contributed by atoms with E-state index in [0.29, 0.717) is 5.41 Å². The Morgan fingerprint density at radius 1 is 1.23 bits per heavy atom. The fourth-order valence-corrected chi connectivity index (χ4v) is 2.39. The van der Waals surface area contributed by atoms with Crippen molar-refractivity contribution >= 4 is 0 Å². The summed E-state index contributed by atoms with van der Waals surface area (Å²) < 4.78 is 0. The molecular formula is C11H22N2. The molecule has 76 valence electrons. The smallest absolute Gasteiger partial charge is 0.00200 e. The van der Waals surface area contributed by atoms with Crippen molar-refractivity contribution in [2.24, 2.45) is 17.1 Å². The van der Waals surface area contributed by atoms with Gasteiger partial charge in [-0.05, 0) is 50.1 Å². The second-order valence-corrected chi connectivity index (χ2v) is 4.99. The van der Waals surface area contributed by atoms with E-state index in [1.165, 1.54) is 51.6 Å². The van der Waals surface area contributed by atoms with Crippen molar-refractivity contribution in [1.29, 1.82) is 0 Å². The van der Waals surface area contributed by atoms with E-state index < -0.39 is 0 Å². The molecule has 0 heterocycles. The van der Waals surface area contributed by atoms with Gasteiger partial charge >= 0.3 is 0 Å². The van der Waals surface area contributed by atoms with Crippen LogP contribution in [0.3, 0.4) is 0 Å². The van der Waals surface area contributed by atoms with Crippen LogP contribution in [0.2, 0.25) is 0 Å². The van der Waals surface area contributed by atoms with Gasteiger partial charge in [-0.15, -0.1) is 0 Å². The highest BCUT2D eigenvalue weighted by Gasteiger charge is 2.40. The molecule has 0 radical (unpaired) electrons. The van der Waals surface area contributed by atoms with Crippen LogP contribution in [0, 0.1) is 11.3 Å². The molecule has 13 heavy (non-hydrogen) atoms. The molecule has 0 aromatic rings. The van der Waals surface area contributed by atoms with Crippen LogP contribution in [0.1, 0.15) is 38.5 Å². The lowest BCUT2D eigenvalue weighted by molar-refractivity contribution is 0.421. The van der Waals surface area contributed by atoms with Crippen LogP contribution < -0.4 is 11.1 Å². The van der Waals surface area contributed by atoms with Crippen molar-refractivity contribution in [3.8, 4) is 0 Å². The molecule has 0 saturated heterocycles. The van der Waals surface area contributed by atoms with E-state index in [4.69, 9.17) is 5.73 Å². The first kappa shape index (κ1) is 9.47. The highest BCUT2D eigenvalue weighted by molar-refractivity contribution is 4.95. The largest absolute Gasteiger partial charge is 0.330 e. The second kappa shape index (κ2) is 3.97. The monoisotopic (exact) mass is 182 g/mol. The maximum Gasteiger partial charge on any atom is 0.00200 e. The SMILES string of the molecule is NCC1(CNCC2CCCC2)CC1. The van der Waals surface area contributed by atoms with Crippen molar-refractivity contribution < 1.29 is 0 Å². The van der Waals surface area contributed by atoms with E-state index in [2.05, 4.69) is 5.32 Å².